The Bertz CT molecular complexity index is 494. The van der Waals surface area contributed by atoms with E-state index in [4.69, 9.17) is 9.47 Å². The highest BCUT2D eigenvalue weighted by molar-refractivity contribution is 5.85. The van der Waals surface area contributed by atoms with E-state index in [9.17, 15) is 5.11 Å². The summed E-state index contributed by atoms with van der Waals surface area (Å²) in [6, 6.07) is 11.4. The van der Waals surface area contributed by atoms with Gasteiger partial charge in [0.1, 0.15) is 6.61 Å². The second-order valence-electron chi connectivity index (χ2n) is 3.71. The van der Waals surface area contributed by atoms with Crippen molar-refractivity contribution in [3.05, 3.63) is 36.4 Å². The van der Waals surface area contributed by atoms with Crippen LogP contribution in [0.2, 0.25) is 0 Å². The molecular formula is C14H16O3. The first-order valence-electron chi connectivity index (χ1n) is 5.73. The molecule has 2 aromatic rings. The van der Waals surface area contributed by atoms with E-state index >= 15 is 0 Å². The van der Waals surface area contributed by atoms with Crippen LogP contribution in [0.4, 0.5) is 0 Å². The second-order valence-corrected chi connectivity index (χ2v) is 3.71. The van der Waals surface area contributed by atoms with Crippen LogP contribution in [0, 0.1) is 0 Å². The van der Waals surface area contributed by atoms with Gasteiger partial charge < -0.3 is 14.6 Å². The summed E-state index contributed by atoms with van der Waals surface area (Å²) in [6.07, 6.45) is 0. The Kier molecular flexibility index (Phi) is 3.83. The predicted molar refractivity (Wildman–Crippen MR) is 67.6 cm³/mol. The van der Waals surface area contributed by atoms with E-state index in [1.54, 1.807) is 6.07 Å². The first kappa shape index (κ1) is 11.7. The normalized spacial score (nSPS) is 10.6. The third kappa shape index (κ3) is 2.88. The van der Waals surface area contributed by atoms with E-state index in [0.29, 0.717) is 25.6 Å². The van der Waals surface area contributed by atoms with E-state index in [0.717, 1.165) is 10.8 Å². The van der Waals surface area contributed by atoms with Gasteiger partial charge in [-0.3, -0.25) is 0 Å². The summed E-state index contributed by atoms with van der Waals surface area (Å²) in [6.45, 7) is 3.59. The number of hydrogen-bond acceptors (Lipinski definition) is 3. The number of fused-ring (bicyclic) bond motifs is 1. The number of phenolic OH excluding ortho intramolecular Hbond substituents is 1. The SMILES string of the molecule is CCOCCOc1cc2ccccc2cc1O. The number of hydrogen-bond donors (Lipinski definition) is 1. The lowest BCUT2D eigenvalue weighted by atomic mass is 10.1. The number of phenols is 1. The van der Waals surface area contributed by atoms with Crippen LogP contribution in [0.25, 0.3) is 10.8 Å². The number of ether oxygens (including phenoxy) is 2. The summed E-state index contributed by atoms with van der Waals surface area (Å²) in [7, 11) is 0. The molecule has 0 aliphatic heterocycles. The van der Waals surface area contributed by atoms with Gasteiger partial charge in [0.05, 0.1) is 6.61 Å². The van der Waals surface area contributed by atoms with Crippen LogP contribution in [-0.4, -0.2) is 24.9 Å². The van der Waals surface area contributed by atoms with E-state index in [1.165, 1.54) is 0 Å². The second kappa shape index (κ2) is 5.55. The van der Waals surface area contributed by atoms with E-state index < -0.39 is 0 Å². The lowest BCUT2D eigenvalue weighted by Gasteiger charge is -2.09. The molecule has 0 aliphatic carbocycles. The molecule has 90 valence electrons. The van der Waals surface area contributed by atoms with Crippen LogP contribution in [0.1, 0.15) is 6.92 Å². The Balaban J connectivity index is 2.14. The van der Waals surface area contributed by atoms with Crippen LogP contribution >= 0.6 is 0 Å². The zero-order chi connectivity index (χ0) is 12.1. The van der Waals surface area contributed by atoms with Gasteiger partial charge in [-0.2, -0.15) is 0 Å². The molecule has 0 saturated carbocycles. The highest BCUT2D eigenvalue weighted by Crippen LogP contribution is 2.31. The summed E-state index contributed by atoms with van der Waals surface area (Å²) in [5, 5.41) is 11.9. The van der Waals surface area contributed by atoms with Gasteiger partial charge in [-0.1, -0.05) is 24.3 Å². The van der Waals surface area contributed by atoms with Crippen molar-refractivity contribution in [2.24, 2.45) is 0 Å². The molecule has 0 amide bonds. The molecule has 0 unspecified atom stereocenters. The minimum atomic E-state index is 0.167. The van der Waals surface area contributed by atoms with E-state index in [-0.39, 0.29) is 5.75 Å². The molecule has 0 fully saturated rings. The van der Waals surface area contributed by atoms with Gasteiger partial charge in [0.15, 0.2) is 11.5 Å². The molecule has 2 rings (SSSR count). The highest BCUT2D eigenvalue weighted by Gasteiger charge is 2.04. The zero-order valence-electron chi connectivity index (χ0n) is 9.85. The molecule has 3 heteroatoms. The molecule has 0 heterocycles. The topological polar surface area (TPSA) is 38.7 Å². The van der Waals surface area contributed by atoms with Gasteiger partial charge in [-0.15, -0.1) is 0 Å². The molecule has 17 heavy (non-hydrogen) atoms. The van der Waals surface area contributed by atoms with Crippen molar-refractivity contribution in [3.8, 4) is 11.5 Å². The van der Waals surface area contributed by atoms with Crippen molar-refractivity contribution < 1.29 is 14.6 Å². The average molecular weight is 232 g/mol. The summed E-state index contributed by atoms with van der Waals surface area (Å²) < 4.78 is 10.6. The Morgan fingerprint density at radius 1 is 1.06 bits per heavy atom. The standard InChI is InChI=1S/C14H16O3/c1-2-16-7-8-17-14-10-12-6-4-3-5-11(12)9-13(14)15/h3-6,9-10,15H,2,7-8H2,1H3. The Morgan fingerprint density at radius 3 is 2.47 bits per heavy atom. The molecule has 0 aromatic heterocycles. The molecule has 0 radical (unpaired) electrons. The molecular weight excluding hydrogens is 216 g/mol. The fraction of sp³-hybridized carbons (Fsp3) is 0.286. The minimum Gasteiger partial charge on any atom is -0.504 e. The molecule has 0 spiro atoms. The molecule has 1 N–H and O–H groups in total. The van der Waals surface area contributed by atoms with Crippen molar-refractivity contribution in [3.63, 3.8) is 0 Å². The molecule has 3 nitrogen and oxygen atoms in total. The zero-order valence-corrected chi connectivity index (χ0v) is 9.85. The lowest BCUT2D eigenvalue weighted by molar-refractivity contribution is 0.109. The maximum atomic E-state index is 9.80. The molecule has 0 aliphatic rings. The fourth-order valence-electron chi connectivity index (χ4n) is 1.68. The predicted octanol–water partition coefficient (Wildman–Crippen LogP) is 2.96. The monoisotopic (exact) mass is 232 g/mol. The van der Waals surface area contributed by atoms with Crippen LogP contribution in [0.5, 0.6) is 11.5 Å². The summed E-state index contributed by atoms with van der Waals surface area (Å²) in [5.41, 5.74) is 0. The van der Waals surface area contributed by atoms with E-state index in [1.807, 2.05) is 37.3 Å². The van der Waals surface area contributed by atoms with Gasteiger partial charge in [-0.25, -0.2) is 0 Å². The summed E-state index contributed by atoms with van der Waals surface area (Å²) in [5.74, 6) is 0.670. The Morgan fingerprint density at radius 2 is 1.76 bits per heavy atom. The van der Waals surface area contributed by atoms with Gasteiger partial charge in [0.2, 0.25) is 0 Å². The van der Waals surface area contributed by atoms with Crippen molar-refractivity contribution in [2.45, 2.75) is 6.92 Å². The van der Waals surface area contributed by atoms with Gasteiger partial charge >= 0.3 is 0 Å². The summed E-state index contributed by atoms with van der Waals surface area (Å²) in [4.78, 5) is 0. The molecule has 0 saturated heterocycles. The van der Waals surface area contributed by atoms with Crippen LogP contribution in [-0.2, 0) is 4.74 Å². The van der Waals surface area contributed by atoms with Crippen molar-refractivity contribution in [1.82, 2.24) is 0 Å². The Labute approximate surface area is 101 Å². The van der Waals surface area contributed by atoms with Gasteiger partial charge in [0.25, 0.3) is 0 Å². The lowest BCUT2D eigenvalue weighted by Crippen LogP contribution is -2.06. The Hall–Kier alpha value is -1.74. The van der Waals surface area contributed by atoms with Crippen molar-refractivity contribution >= 4 is 10.8 Å². The van der Waals surface area contributed by atoms with Crippen molar-refractivity contribution in [1.29, 1.82) is 0 Å². The molecule has 2 aromatic carbocycles. The van der Waals surface area contributed by atoms with E-state index in [2.05, 4.69) is 0 Å². The number of aromatic hydroxyl groups is 1. The largest absolute Gasteiger partial charge is 0.504 e. The first-order valence-corrected chi connectivity index (χ1v) is 5.73. The molecule has 0 atom stereocenters. The first-order chi connectivity index (χ1) is 8.31. The van der Waals surface area contributed by atoms with Crippen LogP contribution in [0.15, 0.2) is 36.4 Å². The third-order valence-electron chi connectivity index (χ3n) is 2.52. The van der Waals surface area contributed by atoms with Gasteiger partial charge in [0, 0.05) is 6.61 Å². The smallest absolute Gasteiger partial charge is 0.161 e. The fourth-order valence-corrected chi connectivity index (χ4v) is 1.68. The average Bonchev–Trinajstić information content (AvgIpc) is 2.35. The maximum absolute atomic E-state index is 9.80. The molecule has 0 bridgehead atoms. The van der Waals surface area contributed by atoms with Crippen LogP contribution < -0.4 is 4.74 Å². The maximum Gasteiger partial charge on any atom is 0.161 e. The van der Waals surface area contributed by atoms with Crippen LogP contribution in [0.3, 0.4) is 0 Å². The minimum absolute atomic E-state index is 0.167. The van der Waals surface area contributed by atoms with Crippen molar-refractivity contribution in [2.75, 3.05) is 19.8 Å². The number of benzene rings is 2. The number of rotatable bonds is 5. The summed E-state index contributed by atoms with van der Waals surface area (Å²) >= 11 is 0. The van der Waals surface area contributed by atoms with Gasteiger partial charge in [-0.05, 0) is 29.8 Å². The highest BCUT2D eigenvalue weighted by atomic mass is 16.5. The quantitative estimate of drug-likeness (QED) is 0.805. The third-order valence-corrected chi connectivity index (χ3v) is 2.52.